The van der Waals surface area contributed by atoms with Gasteiger partial charge in [0.05, 0.1) is 17.6 Å². The van der Waals surface area contributed by atoms with Crippen molar-refractivity contribution in [2.75, 3.05) is 6.61 Å². The van der Waals surface area contributed by atoms with Gasteiger partial charge in [-0.15, -0.1) is 0 Å². The maximum atomic E-state index is 11.9. The molecule has 23 heavy (non-hydrogen) atoms. The van der Waals surface area contributed by atoms with E-state index >= 15 is 0 Å². The molecule has 0 radical (unpaired) electrons. The van der Waals surface area contributed by atoms with Crippen molar-refractivity contribution in [1.29, 1.82) is 0 Å². The smallest absolute Gasteiger partial charge is 0.334 e. The van der Waals surface area contributed by atoms with E-state index in [9.17, 15) is 14.7 Å². The molecule has 0 unspecified atom stereocenters. The first-order chi connectivity index (χ1) is 10.8. The predicted molar refractivity (Wildman–Crippen MR) is 80.4 cm³/mol. The first-order valence-corrected chi connectivity index (χ1v) is 7.89. The van der Waals surface area contributed by atoms with Crippen molar-refractivity contribution < 1.29 is 28.9 Å². The van der Waals surface area contributed by atoms with Crippen molar-refractivity contribution in [1.82, 2.24) is 0 Å². The second kappa shape index (κ2) is 5.76. The van der Waals surface area contributed by atoms with E-state index in [4.69, 9.17) is 14.2 Å². The zero-order valence-electron chi connectivity index (χ0n) is 13.4. The topological polar surface area (TPSA) is 85.4 Å². The number of aliphatic hydroxyl groups is 1. The summed E-state index contributed by atoms with van der Waals surface area (Å²) in [5, 5.41) is 10.6. The van der Waals surface area contributed by atoms with Gasteiger partial charge in [-0.25, -0.2) is 4.79 Å². The molecule has 0 aromatic heterocycles. The normalized spacial score (nSPS) is 42.0. The van der Waals surface area contributed by atoms with Gasteiger partial charge in [-0.3, -0.25) is 4.79 Å². The van der Waals surface area contributed by atoms with Crippen LogP contribution in [0.2, 0.25) is 0 Å². The maximum absolute atomic E-state index is 11.9. The van der Waals surface area contributed by atoms with E-state index in [-0.39, 0.29) is 29.9 Å². The van der Waals surface area contributed by atoms with Crippen molar-refractivity contribution in [3.05, 3.63) is 23.8 Å². The van der Waals surface area contributed by atoms with E-state index in [0.717, 1.165) is 18.4 Å². The van der Waals surface area contributed by atoms with Gasteiger partial charge in [0.1, 0.15) is 18.8 Å². The Balaban J connectivity index is 1.83. The van der Waals surface area contributed by atoms with Gasteiger partial charge in [0, 0.05) is 12.5 Å². The van der Waals surface area contributed by atoms with Crippen molar-refractivity contribution in [3.8, 4) is 0 Å². The van der Waals surface area contributed by atoms with Crippen LogP contribution >= 0.6 is 0 Å². The molecule has 6 nitrogen and oxygen atoms in total. The van der Waals surface area contributed by atoms with E-state index in [1.165, 1.54) is 6.92 Å². The summed E-state index contributed by atoms with van der Waals surface area (Å²) in [5.41, 5.74) is 0.766. The number of carbonyl (C=O) groups is 2. The molecule has 3 aliphatic rings. The third kappa shape index (κ3) is 3.05. The monoisotopic (exact) mass is 322 g/mol. The molecule has 2 fully saturated rings. The van der Waals surface area contributed by atoms with Gasteiger partial charge in [-0.2, -0.15) is 0 Å². The van der Waals surface area contributed by atoms with E-state index in [0.29, 0.717) is 6.42 Å². The minimum absolute atomic E-state index is 0.145. The molecule has 2 saturated heterocycles. The number of hydrogen-bond acceptors (Lipinski definition) is 6. The molecule has 1 aliphatic carbocycles. The van der Waals surface area contributed by atoms with Crippen LogP contribution in [0.15, 0.2) is 23.8 Å². The highest BCUT2D eigenvalue weighted by Crippen LogP contribution is 2.49. The average molecular weight is 322 g/mol. The van der Waals surface area contributed by atoms with Gasteiger partial charge in [0.2, 0.25) is 0 Å². The number of epoxide rings is 1. The minimum Gasteiger partial charge on any atom is -0.461 e. The molecule has 0 aromatic rings. The largest absolute Gasteiger partial charge is 0.461 e. The number of fused-ring (bicyclic) bond motifs is 3. The van der Waals surface area contributed by atoms with E-state index in [1.807, 2.05) is 13.0 Å². The van der Waals surface area contributed by atoms with E-state index in [1.54, 1.807) is 0 Å². The third-order valence-corrected chi connectivity index (χ3v) is 4.92. The van der Waals surface area contributed by atoms with Crippen LogP contribution in [0.5, 0.6) is 0 Å². The Kier molecular flexibility index (Phi) is 4.06. The Labute approximate surface area is 135 Å². The summed E-state index contributed by atoms with van der Waals surface area (Å²) in [5.74, 6) is -1.33. The van der Waals surface area contributed by atoms with Crippen molar-refractivity contribution in [3.63, 3.8) is 0 Å². The zero-order valence-corrected chi connectivity index (χ0v) is 13.4. The molecule has 0 spiro atoms. The fraction of sp³-hybridized carbons (Fsp3) is 0.647. The van der Waals surface area contributed by atoms with Crippen LogP contribution in [0.4, 0.5) is 0 Å². The zero-order chi connectivity index (χ0) is 16.8. The number of aliphatic hydroxyl groups excluding tert-OH is 1. The van der Waals surface area contributed by atoms with Crippen LogP contribution in [0.3, 0.4) is 0 Å². The van der Waals surface area contributed by atoms with Crippen molar-refractivity contribution >= 4 is 11.9 Å². The van der Waals surface area contributed by atoms with Gasteiger partial charge in [-0.05, 0) is 31.8 Å². The summed E-state index contributed by atoms with van der Waals surface area (Å²) in [6.45, 7) is 7.25. The molecule has 0 saturated carbocycles. The summed E-state index contributed by atoms with van der Waals surface area (Å²) >= 11 is 0. The van der Waals surface area contributed by atoms with Gasteiger partial charge in [-0.1, -0.05) is 12.7 Å². The molecule has 6 heteroatoms. The summed E-state index contributed by atoms with van der Waals surface area (Å²) in [4.78, 5) is 22.9. The van der Waals surface area contributed by atoms with Crippen LogP contribution in [0.25, 0.3) is 0 Å². The second-order valence-corrected chi connectivity index (χ2v) is 6.72. The summed E-state index contributed by atoms with van der Waals surface area (Å²) < 4.78 is 16.2. The van der Waals surface area contributed by atoms with Gasteiger partial charge in [0.15, 0.2) is 0 Å². The summed E-state index contributed by atoms with van der Waals surface area (Å²) in [6, 6.07) is 0. The molecule has 1 N–H and O–H groups in total. The summed E-state index contributed by atoms with van der Waals surface area (Å²) in [6.07, 6.45) is 2.31. The van der Waals surface area contributed by atoms with Crippen molar-refractivity contribution in [2.45, 2.75) is 57.0 Å². The molecule has 0 bridgehead atoms. The Bertz CT molecular complexity index is 580. The van der Waals surface area contributed by atoms with Crippen LogP contribution in [0.1, 0.15) is 33.1 Å². The average Bonchev–Trinajstić information content (AvgIpc) is 3.04. The van der Waals surface area contributed by atoms with Crippen molar-refractivity contribution in [2.24, 2.45) is 5.92 Å². The fourth-order valence-electron chi connectivity index (χ4n) is 3.53. The minimum atomic E-state index is -0.827. The van der Waals surface area contributed by atoms with Crippen LogP contribution in [-0.4, -0.2) is 47.6 Å². The Morgan fingerprint density at radius 1 is 1.57 bits per heavy atom. The maximum Gasteiger partial charge on any atom is 0.334 e. The Morgan fingerprint density at radius 3 is 3.00 bits per heavy atom. The number of rotatable bonds is 2. The Morgan fingerprint density at radius 2 is 2.30 bits per heavy atom. The highest BCUT2D eigenvalue weighted by molar-refractivity contribution is 5.91. The van der Waals surface area contributed by atoms with Crippen LogP contribution in [0, 0.1) is 5.92 Å². The Hall–Kier alpha value is -1.66. The molecular formula is C17H22O6. The van der Waals surface area contributed by atoms with Gasteiger partial charge < -0.3 is 19.3 Å². The van der Waals surface area contributed by atoms with Gasteiger partial charge >= 0.3 is 11.9 Å². The molecule has 5 atom stereocenters. The number of ether oxygens (including phenoxy) is 3. The SMILES string of the molecule is C=C1C(=O)O[C@H]2[C@H]1[C@H](O)C/C(COC(C)=O)=C/CC[C@@]1(C)O[C@H]21. The number of carbonyl (C=O) groups excluding carboxylic acids is 2. The molecule has 126 valence electrons. The lowest BCUT2D eigenvalue weighted by Crippen LogP contribution is -2.36. The third-order valence-electron chi connectivity index (χ3n) is 4.92. The highest BCUT2D eigenvalue weighted by Gasteiger charge is 2.62. The lowest BCUT2D eigenvalue weighted by molar-refractivity contribution is -0.141. The molecule has 2 aliphatic heterocycles. The van der Waals surface area contributed by atoms with E-state index < -0.39 is 24.1 Å². The lowest BCUT2D eigenvalue weighted by atomic mass is 9.82. The summed E-state index contributed by atoms with van der Waals surface area (Å²) in [7, 11) is 0. The second-order valence-electron chi connectivity index (χ2n) is 6.72. The number of allylic oxidation sites excluding steroid dienone is 1. The standard InChI is InChI=1S/C17H22O6/c1-9-13-12(19)7-11(8-21-10(2)18)5-4-6-17(3)15(23-17)14(13)22-16(9)20/h5,12-15,19H,1,4,6-8H2,2-3H3/b11-5-/t12-,13-,14+,15-,17-/m1/s1. The van der Waals surface area contributed by atoms with Crippen LogP contribution < -0.4 is 0 Å². The molecular weight excluding hydrogens is 300 g/mol. The molecule has 3 rings (SSSR count). The first kappa shape index (κ1) is 16.2. The number of esters is 2. The number of hydrogen-bond donors (Lipinski definition) is 1. The molecule has 0 aromatic carbocycles. The first-order valence-electron chi connectivity index (χ1n) is 7.89. The lowest BCUT2D eigenvalue weighted by Gasteiger charge is -2.24. The fourth-order valence-corrected chi connectivity index (χ4v) is 3.53. The molecule has 0 amide bonds. The highest BCUT2D eigenvalue weighted by atomic mass is 16.6. The van der Waals surface area contributed by atoms with Crippen LogP contribution in [-0.2, 0) is 23.8 Å². The molecule has 2 heterocycles. The van der Waals surface area contributed by atoms with Gasteiger partial charge in [0.25, 0.3) is 0 Å². The predicted octanol–water partition coefficient (Wildman–Crippen LogP) is 1.28. The van der Waals surface area contributed by atoms with E-state index in [2.05, 4.69) is 6.58 Å². The quantitative estimate of drug-likeness (QED) is 0.357.